The Morgan fingerprint density at radius 3 is 2.67 bits per heavy atom. The normalized spacial score (nSPS) is 14.8. The summed E-state index contributed by atoms with van der Waals surface area (Å²) in [6, 6.07) is 0. The van der Waals surface area contributed by atoms with Gasteiger partial charge in [0.15, 0.2) is 0 Å². The zero-order valence-electron chi connectivity index (χ0n) is 7.84. The van der Waals surface area contributed by atoms with Gasteiger partial charge in [-0.15, -0.1) is 18.9 Å². The fourth-order valence-corrected chi connectivity index (χ4v) is 1.12. The van der Waals surface area contributed by atoms with Crippen molar-refractivity contribution in [2.45, 2.75) is 44.6 Å². The van der Waals surface area contributed by atoms with Gasteiger partial charge in [0.05, 0.1) is 5.60 Å². The molecule has 1 N–H and O–H groups in total. The van der Waals surface area contributed by atoms with Crippen LogP contribution in [0.3, 0.4) is 0 Å². The Morgan fingerprint density at radius 1 is 1.58 bits per heavy atom. The molecule has 0 aliphatic carbocycles. The molecule has 0 fully saturated rings. The molecule has 1 atom stereocenters. The highest BCUT2D eigenvalue weighted by Crippen LogP contribution is 2.19. The second-order valence-electron chi connectivity index (χ2n) is 3.15. The van der Waals surface area contributed by atoms with Gasteiger partial charge in [0.2, 0.25) is 0 Å². The molecule has 0 spiro atoms. The molecule has 1 heteroatoms. The molecule has 0 aliphatic rings. The molecule has 0 heterocycles. The van der Waals surface area contributed by atoms with Gasteiger partial charge in [-0.05, 0) is 6.42 Å². The van der Waals surface area contributed by atoms with E-state index in [0.29, 0.717) is 6.42 Å². The van der Waals surface area contributed by atoms with Crippen LogP contribution in [0.25, 0.3) is 0 Å². The smallest absolute Gasteiger partial charge is 0.0933 e. The van der Waals surface area contributed by atoms with Crippen molar-refractivity contribution in [2.24, 2.45) is 0 Å². The van der Waals surface area contributed by atoms with Crippen LogP contribution in [0.1, 0.15) is 39.0 Å². The van der Waals surface area contributed by atoms with Gasteiger partial charge in [-0.25, -0.2) is 0 Å². The summed E-state index contributed by atoms with van der Waals surface area (Å²) in [4.78, 5) is 0. The maximum Gasteiger partial charge on any atom is 0.0933 e. The maximum atomic E-state index is 9.79. The number of terminal acetylenes is 1. The summed E-state index contributed by atoms with van der Waals surface area (Å²) in [5.74, 6) is 2.46. The van der Waals surface area contributed by atoms with Crippen LogP contribution in [0.2, 0.25) is 0 Å². The van der Waals surface area contributed by atoms with E-state index in [0.717, 1.165) is 25.7 Å². The summed E-state index contributed by atoms with van der Waals surface area (Å²) in [6.45, 7) is 5.72. The third-order valence-corrected chi connectivity index (χ3v) is 2.00. The van der Waals surface area contributed by atoms with E-state index >= 15 is 0 Å². The second-order valence-corrected chi connectivity index (χ2v) is 3.15. The van der Waals surface area contributed by atoms with Gasteiger partial charge in [0.25, 0.3) is 0 Å². The maximum absolute atomic E-state index is 9.79. The first-order chi connectivity index (χ1) is 5.68. The minimum atomic E-state index is -0.829. The van der Waals surface area contributed by atoms with Crippen LogP contribution in [0.15, 0.2) is 12.7 Å². The third kappa shape index (κ3) is 4.20. The lowest BCUT2D eigenvalue weighted by molar-refractivity contribution is 0.0843. The Bertz CT molecular complexity index is 166. The number of aliphatic hydroxyl groups is 1. The molecule has 0 rings (SSSR count). The highest BCUT2D eigenvalue weighted by Gasteiger charge is 2.20. The van der Waals surface area contributed by atoms with Crippen molar-refractivity contribution in [3.8, 4) is 12.3 Å². The van der Waals surface area contributed by atoms with Crippen molar-refractivity contribution < 1.29 is 5.11 Å². The van der Waals surface area contributed by atoms with Crippen molar-refractivity contribution >= 4 is 0 Å². The minimum absolute atomic E-state index is 0.375. The largest absolute Gasteiger partial charge is 0.385 e. The van der Waals surface area contributed by atoms with E-state index in [2.05, 4.69) is 19.4 Å². The van der Waals surface area contributed by atoms with Gasteiger partial charge in [-0.1, -0.05) is 32.3 Å². The Labute approximate surface area is 75.5 Å². The van der Waals surface area contributed by atoms with Gasteiger partial charge < -0.3 is 5.11 Å². The predicted octanol–water partition coefficient (Wildman–Crippen LogP) is 2.51. The van der Waals surface area contributed by atoms with Crippen LogP contribution in [0, 0.1) is 12.3 Å². The van der Waals surface area contributed by atoms with E-state index < -0.39 is 5.60 Å². The van der Waals surface area contributed by atoms with Crippen LogP contribution in [0.5, 0.6) is 0 Å². The third-order valence-electron chi connectivity index (χ3n) is 2.00. The first-order valence-corrected chi connectivity index (χ1v) is 4.48. The zero-order valence-corrected chi connectivity index (χ0v) is 7.84. The molecular weight excluding hydrogens is 148 g/mol. The first kappa shape index (κ1) is 11.3. The van der Waals surface area contributed by atoms with Crippen LogP contribution < -0.4 is 0 Å². The van der Waals surface area contributed by atoms with Gasteiger partial charge in [0.1, 0.15) is 0 Å². The molecule has 1 unspecified atom stereocenters. The summed E-state index contributed by atoms with van der Waals surface area (Å²) < 4.78 is 0. The quantitative estimate of drug-likeness (QED) is 0.365. The van der Waals surface area contributed by atoms with Crippen LogP contribution in [-0.2, 0) is 0 Å². The van der Waals surface area contributed by atoms with E-state index in [-0.39, 0.29) is 0 Å². The van der Waals surface area contributed by atoms with Crippen molar-refractivity contribution in [3.63, 3.8) is 0 Å². The van der Waals surface area contributed by atoms with Gasteiger partial charge in [0, 0.05) is 6.42 Å². The topological polar surface area (TPSA) is 20.2 Å². The Morgan fingerprint density at radius 2 is 2.25 bits per heavy atom. The van der Waals surface area contributed by atoms with Crippen molar-refractivity contribution in [1.82, 2.24) is 0 Å². The molecule has 0 aromatic carbocycles. The molecule has 68 valence electrons. The second kappa shape index (κ2) is 5.85. The summed E-state index contributed by atoms with van der Waals surface area (Å²) >= 11 is 0. The Hall–Kier alpha value is -0.740. The molecule has 1 nitrogen and oxygen atoms in total. The zero-order chi connectivity index (χ0) is 9.45. The van der Waals surface area contributed by atoms with Crippen molar-refractivity contribution in [2.75, 3.05) is 0 Å². The van der Waals surface area contributed by atoms with E-state index in [9.17, 15) is 5.11 Å². The molecule has 0 aromatic heterocycles. The fraction of sp³-hybridized carbons (Fsp3) is 0.636. The molecule has 12 heavy (non-hydrogen) atoms. The molecule has 0 aliphatic heterocycles. The molecule has 0 bridgehead atoms. The SMILES string of the molecule is C#CCC(O)(C=C)CCCCC. The standard InChI is InChI=1S/C11H18O/c1-4-7-8-10-11(12,6-3)9-5-2/h2,6,12H,3-4,7-10H2,1H3. The lowest BCUT2D eigenvalue weighted by atomic mass is 9.93. The van der Waals surface area contributed by atoms with Gasteiger partial charge >= 0.3 is 0 Å². The molecule has 0 saturated heterocycles. The van der Waals surface area contributed by atoms with Crippen LogP contribution >= 0.6 is 0 Å². The summed E-state index contributed by atoms with van der Waals surface area (Å²) in [5, 5.41) is 9.79. The average molecular weight is 166 g/mol. The Kier molecular flexibility index (Phi) is 5.49. The summed E-state index contributed by atoms with van der Waals surface area (Å²) in [7, 11) is 0. The minimum Gasteiger partial charge on any atom is -0.385 e. The Balaban J connectivity index is 3.81. The van der Waals surface area contributed by atoms with E-state index in [1.54, 1.807) is 6.08 Å². The lowest BCUT2D eigenvalue weighted by Crippen LogP contribution is -2.24. The highest BCUT2D eigenvalue weighted by atomic mass is 16.3. The van der Waals surface area contributed by atoms with Crippen LogP contribution in [-0.4, -0.2) is 10.7 Å². The number of rotatable bonds is 6. The van der Waals surface area contributed by atoms with Crippen molar-refractivity contribution in [1.29, 1.82) is 0 Å². The molecule has 0 radical (unpaired) electrons. The highest BCUT2D eigenvalue weighted by molar-refractivity contribution is 5.04. The van der Waals surface area contributed by atoms with E-state index in [1.165, 1.54) is 0 Å². The average Bonchev–Trinajstić information content (AvgIpc) is 2.06. The fourth-order valence-electron chi connectivity index (χ4n) is 1.12. The monoisotopic (exact) mass is 166 g/mol. The molecule has 0 aromatic rings. The number of hydrogen-bond donors (Lipinski definition) is 1. The molecule has 0 saturated carbocycles. The van der Waals surface area contributed by atoms with Crippen LogP contribution in [0.4, 0.5) is 0 Å². The lowest BCUT2D eigenvalue weighted by Gasteiger charge is -2.21. The predicted molar refractivity (Wildman–Crippen MR) is 52.7 cm³/mol. The van der Waals surface area contributed by atoms with E-state index in [4.69, 9.17) is 6.42 Å². The van der Waals surface area contributed by atoms with E-state index in [1.807, 2.05) is 0 Å². The first-order valence-electron chi connectivity index (χ1n) is 4.48. The summed E-state index contributed by atoms with van der Waals surface area (Å²) in [6.07, 6.45) is 11.1. The van der Waals surface area contributed by atoms with Gasteiger partial charge in [-0.3, -0.25) is 0 Å². The number of unbranched alkanes of at least 4 members (excludes halogenated alkanes) is 2. The summed E-state index contributed by atoms with van der Waals surface area (Å²) in [5.41, 5.74) is -0.829. The number of hydrogen-bond acceptors (Lipinski definition) is 1. The van der Waals surface area contributed by atoms with Crippen molar-refractivity contribution in [3.05, 3.63) is 12.7 Å². The molecular formula is C11H18O. The molecule has 0 amide bonds. The van der Waals surface area contributed by atoms with Gasteiger partial charge in [-0.2, -0.15) is 0 Å².